The third kappa shape index (κ3) is 5.99. The number of benzene rings is 2. The maximum Gasteiger partial charge on any atom is 0.335 e. The number of hydrogen-bond donors (Lipinski definition) is 2. The maximum absolute atomic E-state index is 12.2. The molecular formula is C21H25NO6. The van der Waals surface area contributed by atoms with Crippen molar-refractivity contribution in [2.45, 2.75) is 26.1 Å². The van der Waals surface area contributed by atoms with E-state index in [1.807, 2.05) is 24.3 Å². The lowest BCUT2D eigenvalue weighted by molar-refractivity contribution is -0.132. The molecule has 7 nitrogen and oxygen atoms in total. The van der Waals surface area contributed by atoms with Crippen LogP contribution in [0.25, 0.3) is 0 Å². The number of carboxylic acid groups (broad SMARTS) is 1. The van der Waals surface area contributed by atoms with Crippen LogP contribution in [0.4, 0.5) is 0 Å². The van der Waals surface area contributed by atoms with Gasteiger partial charge in [0.15, 0.2) is 0 Å². The van der Waals surface area contributed by atoms with Gasteiger partial charge in [-0.25, -0.2) is 4.79 Å². The molecule has 0 heterocycles. The number of hydrogen-bond acceptors (Lipinski definition) is 5. The monoisotopic (exact) mass is 387 g/mol. The summed E-state index contributed by atoms with van der Waals surface area (Å²) in [5.41, 5.74) is 1.89. The average Bonchev–Trinajstić information content (AvgIpc) is 2.71. The Morgan fingerprint density at radius 1 is 1.11 bits per heavy atom. The third-order valence-corrected chi connectivity index (χ3v) is 4.23. The molecule has 1 atom stereocenters. The van der Waals surface area contributed by atoms with Gasteiger partial charge in [-0.2, -0.15) is 0 Å². The Kier molecular flexibility index (Phi) is 7.83. The van der Waals surface area contributed by atoms with Crippen LogP contribution in [0, 0.1) is 0 Å². The lowest BCUT2D eigenvalue weighted by Gasteiger charge is -2.14. The first-order valence-corrected chi connectivity index (χ1v) is 8.87. The summed E-state index contributed by atoms with van der Waals surface area (Å²) in [6.45, 7) is 2.38. The van der Waals surface area contributed by atoms with Crippen LogP contribution in [0.5, 0.6) is 11.5 Å². The smallest absolute Gasteiger partial charge is 0.335 e. The summed E-state index contributed by atoms with van der Waals surface area (Å²) in [6.07, 6.45) is -0.0975. The largest absolute Gasteiger partial charge is 0.497 e. The standard InChI is InChI=1S/C21H25NO6/c1-14(28-13-15-5-4-6-18(11-15)26-2)20(23)22-10-9-16-7-8-17(21(24)25)12-19(16)27-3/h4-8,11-12,14H,9-10,13H2,1-3H3,(H,22,23)(H,24,25). The summed E-state index contributed by atoms with van der Waals surface area (Å²) >= 11 is 0. The highest BCUT2D eigenvalue weighted by Gasteiger charge is 2.14. The van der Waals surface area contributed by atoms with Gasteiger partial charge in [0.25, 0.3) is 0 Å². The number of ether oxygens (including phenoxy) is 3. The van der Waals surface area contributed by atoms with Crippen LogP contribution in [0.15, 0.2) is 42.5 Å². The van der Waals surface area contributed by atoms with E-state index in [9.17, 15) is 9.59 Å². The Labute approximate surface area is 164 Å². The molecule has 28 heavy (non-hydrogen) atoms. The van der Waals surface area contributed by atoms with E-state index in [0.717, 1.165) is 16.9 Å². The molecule has 2 N–H and O–H groups in total. The molecule has 0 fully saturated rings. The number of rotatable bonds is 10. The second-order valence-electron chi connectivity index (χ2n) is 6.18. The zero-order chi connectivity index (χ0) is 20.5. The van der Waals surface area contributed by atoms with Crippen molar-refractivity contribution in [3.05, 3.63) is 59.2 Å². The quantitative estimate of drug-likeness (QED) is 0.651. The highest BCUT2D eigenvalue weighted by Crippen LogP contribution is 2.20. The first-order chi connectivity index (χ1) is 13.4. The van der Waals surface area contributed by atoms with Crippen LogP contribution in [-0.2, 0) is 22.6 Å². The number of carbonyl (C=O) groups excluding carboxylic acids is 1. The van der Waals surface area contributed by atoms with Crippen molar-refractivity contribution in [3.8, 4) is 11.5 Å². The zero-order valence-electron chi connectivity index (χ0n) is 16.2. The maximum atomic E-state index is 12.2. The van der Waals surface area contributed by atoms with E-state index in [1.165, 1.54) is 19.2 Å². The minimum atomic E-state index is -1.01. The van der Waals surface area contributed by atoms with E-state index in [-0.39, 0.29) is 11.5 Å². The van der Waals surface area contributed by atoms with Crippen LogP contribution < -0.4 is 14.8 Å². The van der Waals surface area contributed by atoms with E-state index in [1.54, 1.807) is 20.1 Å². The molecule has 0 saturated carbocycles. The molecule has 2 aromatic carbocycles. The number of aromatic carboxylic acids is 1. The highest BCUT2D eigenvalue weighted by atomic mass is 16.5. The SMILES string of the molecule is COc1cccc(COC(C)C(=O)NCCc2ccc(C(=O)O)cc2OC)c1. The number of amides is 1. The lowest BCUT2D eigenvalue weighted by atomic mass is 10.1. The summed E-state index contributed by atoms with van der Waals surface area (Å²) in [5, 5.41) is 11.9. The van der Waals surface area contributed by atoms with Crippen LogP contribution >= 0.6 is 0 Å². The Morgan fingerprint density at radius 3 is 2.57 bits per heavy atom. The third-order valence-electron chi connectivity index (χ3n) is 4.23. The second-order valence-corrected chi connectivity index (χ2v) is 6.18. The van der Waals surface area contributed by atoms with Gasteiger partial charge in [0.2, 0.25) is 5.91 Å². The average molecular weight is 387 g/mol. The van der Waals surface area contributed by atoms with Gasteiger partial charge < -0.3 is 24.6 Å². The lowest BCUT2D eigenvalue weighted by Crippen LogP contribution is -2.35. The molecule has 0 aromatic heterocycles. The van der Waals surface area contributed by atoms with Gasteiger partial charge in [0.05, 0.1) is 26.4 Å². The van der Waals surface area contributed by atoms with Crippen molar-refractivity contribution in [2.75, 3.05) is 20.8 Å². The van der Waals surface area contributed by atoms with Crippen LogP contribution in [0.1, 0.15) is 28.4 Å². The molecule has 0 aliphatic rings. The predicted octanol–water partition coefficient (Wildman–Crippen LogP) is 2.67. The normalized spacial score (nSPS) is 11.5. The van der Waals surface area contributed by atoms with Gasteiger partial charge in [0, 0.05) is 6.54 Å². The zero-order valence-corrected chi connectivity index (χ0v) is 16.2. The number of carboxylic acids is 1. The Balaban J connectivity index is 1.82. The highest BCUT2D eigenvalue weighted by molar-refractivity contribution is 5.88. The summed E-state index contributed by atoms with van der Waals surface area (Å²) in [5.74, 6) is -0.0123. The molecule has 1 unspecified atom stereocenters. The topological polar surface area (TPSA) is 94.1 Å². The van der Waals surface area contributed by atoms with Crippen LogP contribution in [-0.4, -0.2) is 43.9 Å². The van der Waals surface area contributed by atoms with Gasteiger partial charge in [0.1, 0.15) is 17.6 Å². The molecule has 0 aliphatic carbocycles. The fourth-order valence-electron chi connectivity index (χ4n) is 2.61. The Hall–Kier alpha value is -3.06. The van der Waals surface area contributed by atoms with Crippen molar-refractivity contribution >= 4 is 11.9 Å². The van der Waals surface area contributed by atoms with Gasteiger partial charge in [-0.1, -0.05) is 18.2 Å². The van der Waals surface area contributed by atoms with Crippen molar-refractivity contribution in [1.82, 2.24) is 5.32 Å². The van der Waals surface area contributed by atoms with Crippen molar-refractivity contribution in [1.29, 1.82) is 0 Å². The summed E-state index contributed by atoms with van der Waals surface area (Å²) in [4.78, 5) is 23.2. The van der Waals surface area contributed by atoms with E-state index >= 15 is 0 Å². The molecule has 7 heteroatoms. The minimum absolute atomic E-state index is 0.157. The molecule has 2 rings (SSSR count). The molecule has 1 amide bonds. The molecule has 0 radical (unpaired) electrons. The summed E-state index contributed by atoms with van der Waals surface area (Å²) < 4.78 is 16.0. The number of methoxy groups -OCH3 is 2. The van der Waals surface area contributed by atoms with Gasteiger partial charge in [-0.3, -0.25) is 4.79 Å². The van der Waals surface area contributed by atoms with Crippen LogP contribution in [0.2, 0.25) is 0 Å². The van der Waals surface area contributed by atoms with Crippen LogP contribution in [0.3, 0.4) is 0 Å². The molecule has 0 saturated heterocycles. The van der Waals surface area contributed by atoms with Gasteiger partial charge in [-0.05, 0) is 48.7 Å². The molecule has 2 aromatic rings. The fraction of sp³-hybridized carbons (Fsp3) is 0.333. The van der Waals surface area contributed by atoms with E-state index in [0.29, 0.717) is 25.3 Å². The molecule has 150 valence electrons. The van der Waals surface area contributed by atoms with E-state index < -0.39 is 12.1 Å². The van der Waals surface area contributed by atoms with Gasteiger partial charge in [-0.15, -0.1) is 0 Å². The Bertz CT molecular complexity index is 820. The first kappa shape index (κ1) is 21.2. The Morgan fingerprint density at radius 2 is 1.89 bits per heavy atom. The fourth-order valence-corrected chi connectivity index (χ4v) is 2.61. The number of carbonyl (C=O) groups is 2. The second kappa shape index (κ2) is 10.3. The number of nitrogens with one attached hydrogen (secondary N) is 1. The molecular weight excluding hydrogens is 362 g/mol. The first-order valence-electron chi connectivity index (χ1n) is 8.87. The van der Waals surface area contributed by atoms with E-state index in [2.05, 4.69) is 5.32 Å². The van der Waals surface area contributed by atoms with Crippen molar-refractivity contribution < 1.29 is 28.9 Å². The predicted molar refractivity (Wildman–Crippen MR) is 104 cm³/mol. The van der Waals surface area contributed by atoms with Crippen molar-refractivity contribution in [3.63, 3.8) is 0 Å². The summed E-state index contributed by atoms with van der Waals surface area (Å²) in [6, 6.07) is 12.2. The van der Waals surface area contributed by atoms with Gasteiger partial charge >= 0.3 is 5.97 Å². The molecule has 0 spiro atoms. The minimum Gasteiger partial charge on any atom is -0.497 e. The van der Waals surface area contributed by atoms with E-state index in [4.69, 9.17) is 19.3 Å². The molecule has 0 aliphatic heterocycles. The van der Waals surface area contributed by atoms with Crippen molar-refractivity contribution in [2.24, 2.45) is 0 Å². The molecule has 0 bridgehead atoms. The summed E-state index contributed by atoms with van der Waals surface area (Å²) in [7, 11) is 3.08.